The van der Waals surface area contributed by atoms with Crippen molar-refractivity contribution in [2.45, 2.75) is 32.9 Å². The van der Waals surface area contributed by atoms with Crippen LogP contribution in [0.2, 0.25) is 5.02 Å². The van der Waals surface area contributed by atoms with Gasteiger partial charge in [-0.15, -0.1) is 0 Å². The molecule has 3 rings (SSSR count). The number of hydrogen-bond acceptors (Lipinski definition) is 5. The number of rotatable bonds is 7. The van der Waals surface area contributed by atoms with E-state index < -0.39 is 0 Å². The Morgan fingerprint density at radius 2 is 2.10 bits per heavy atom. The average Bonchev–Trinajstić information content (AvgIpc) is 2.72. The van der Waals surface area contributed by atoms with E-state index in [1.54, 1.807) is 31.5 Å². The van der Waals surface area contributed by atoms with E-state index in [-0.39, 0.29) is 30.2 Å². The average molecular weight is 413 g/mol. The lowest BCUT2D eigenvalue weighted by atomic mass is 10.1. The number of amides is 1. The van der Waals surface area contributed by atoms with Crippen LogP contribution in [0.15, 0.2) is 53.6 Å². The number of aromatic hydroxyl groups is 1. The van der Waals surface area contributed by atoms with Gasteiger partial charge in [-0.05, 0) is 42.8 Å². The van der Waals surface area contributed by atoms with Crippen LogP contribution in [0.5, 0.6) is 5.75 Å². The predicted octanol–water partition coefficient (Wildman–Crippen LogP) is 2.41. The molecule has 29 heavy (non-hydrogen) atoms. The normalized spacial score (nSPS) is 10.7. The second-order valence-electron chi connectivity index (χ2n) is 6.63. The number of carbonyl (C=O) groups excluding carboxylic acids is 1. The molecule has 1 aromatic carbocycles. The molecule has 7 nitrogen and oxygen atoms in total. The van der Waals surface area contributed by atoms with Gasteiger partial charge in [0.05, 0.1) is 19.2 Å². The fourth-order valence-corrected chi connectivity index (χ4v) is 3.06. The SMILES string of the molecule is Cc1cnn(CCc2ccccn2)c(=O)c1CC(=O)NCc1cc(Cl)ccc1O. The van der Waals surface area contributed by atoms with Gasteiger partial charge in [0, 0.05) is 41.0 Å². The van der Waals surface area contributed by atoms with Crippen molar-refractivity contribution < 1.29 is 9.90 Å². The third-order valence-corrected chi connectivity index (χ3v) is 4.76. The van der Waals surface area contributed by atoms with Gasteiger partial charge in [-0.1, -0.05) is 17.7 Å². The Hall–Kier alpha value is -3.19. The molecule has 3 aromatic rings. The fraction of sp³-hybridized carbons (Fsp3) is 0.238. The van der Waals surface area contributed by atoms with Crippen LogP contribution in [-0.2, 0) is 30.7 Å². The van der Waals surface area contributed by atoms with Crippen molar-refractivity contribution in [1.82, 2.24) is 20.1 Å². The largest absolute Gasteiger partial charge is 0.508 e. The highest BCUT2D eigenvalue weighted by Gasteiger charge is 2.14. The number of phenols is 1. The summed E-state index contributed by atoms with van der Waals surface area (Å²) in [4.78, 5) is 29.4. The number of nitrogens with one attached hydrogen (secondary N) is 1. The number of pyridine rings is 1. The molecule has 2 N–H and O–H groups in total. The van der Waals surface area contributed by atoms with Crippen molar-refractivity contribution in [2.75, 3.05) is 0 Å². The summed E-state index contributed by atoms with van der Waals surface area (Å²) in [5.74, 6) is -0.279. The summed E-state index contributed by atoms with van der Waals surface area (Å²) in [6.45, 7) is 2.24. The predicted molar refractivity (Wildman–Crippen MR) is 110 cm³/mol. The fourth-order valence-electron chi connectivity index (χ4n) is 2.86. The third-order valence-electron chi connectivity index (χ3n) is 4.52. The van der Waals surface area contributed by atoms with Crippen LogP contribution in [0, 0.1) is 6.92 Å². The topological polar surface area (TPSA) is 97.1 Å². The number of benzene rings is 1. The van der Waals surface area contributed by atoms with Crippen LogP contribution in [0.3, 0.4) is 0 Å². The Balaban J connectivity index is 1.67. The maximum Gasteiger partial charge on any atom is 0.270 e. The first-order valence-electron chi connectivity index (χ1n) is 9.13. The van der Waals surface area contributed by atoms with Gasteiger partial charge >= 0.3 is 0 Å². The maximum atomic E-state index is 12.8. The van der Waals surface area contributed by atoms with Crippen molar-refractivity contribution in [3.05, 3.63) is 86.6 Å². The van der Waals surface area contributed by atoms with Gasteiger partial charge in [-0.25, -0.2) is 4.68 Å². The van der Waals surface area contributed by atoms with Crippen molar-refractivity contribution >= 4 is 17.5 Å². The quantitative estimate of drug-likeness (QED) is 0.621. The van der Waals surface area contributed by atoms with Gasteiger partial charge in [0.15, 0.2) is 0 Å². The minimum Gasteiger partial charge on any atom is -0.508 e. The summed E-state index contributed by atoms with van der Waals surface area (Å²) in [7, 11) is 0. The molecule has 2 heterocycles. The first-order valence-corrected chi connectivity index (χ1v) is 9.51. The Kier molecular flexibility index (Phi) is 6.61. The standard InChI is InChI=1S/C21H21ClN4O3/c1-14-12-25-26(9-7-17-4-2-3-8-23-17)21(29)18(14)11-20(28)24-13-15-10-16(22)5-6-19(15)27/h2-6,8,10,12,27H,7,9,11,13H2,1H3,(H,24,28). The lowest BCUT2D eigenvalue weighted by molar-refractivity contribution is -0.120. The van der Waals surface area contributed by atoms with E-state index >= 15 is 0 Å². The maximum absolute atomic E-state index is 12.8. The van der Waals surface area contributed by atoms with Crippen molar-refractivity contribution in [1.29, 1.82) is 0 Å². The lowest BCUT2D eigenvalue weighted by Crippen LogP contribution is -2.32. The van der Waals surface area contributed by atoms with E-state index in [2.05, 4.69) is 15.4 Å². The van der Waals surface area contributed by atoms with Crippen LogP contribution in [0.1, 0.15) is 22.4 Å². The summed E-state index contributed by atoms with van der Waals surface area (Å²) in [6.07, 6.45) is 3.79. The summed E-state index contributed by atoms with van der Waals surface area (Å²) >= 11 is 5.92. The Morgan fingerprint density at radius 1 is 1.28 bits per heavy atom. The van der Waals surface area contributed by atoms with Crippen LogP contribution in [0.4, 0.5) is 0 Å². The number of carbonyl (C=O) groups is 1. The Bertz CT molecular complexity index is 1070. The molecular formula is C21H21ClN4O3. The molecule has 0 aliphatic carbocycles. The van der Waals surface area contributed by atoms with E-state index in [4.69, 9.17) is 11.6 Å². The molecule has 0 saturated carbocycles. The molecule has 0 atom stereocenters. The number of aryl methyl sites for hydroxylation is 3. The number of phenolic OH excluding ortho intramolecular Hbond substituents is 1. The van der Waals surface area contributed by atoms with Crippen LogP contribution < -0.4 is 10.9 Å². The zero-order valence-electron chi connectivity index (χ0n) is 15.9. The first kappa shape index (κ1) is 20.5. The van der Waals surface area contributed by atoms with Crippen LogP contribution >= 0.6 is 11.6 Å². The second-order valence-corrected chi connectivity index (χ2v) is 7.07. The van der Waals surface area contributed by atoms with Crippen molar-refractivity contribution in [2.24, 2.45) is 0 Å². The number of halogens is 1. The molecule has 0 fully saturated rings. The van der Waals surface area contributed by atoms with E-state index in [9.17, 15) is 14.7 Å². The summed E-state index contributed by atoms with van der Waals surface area (Å²) < 4.78 is 1.35. The van der Waals surface area contributed by atoms with E-state index in [0.717, 1.165) is 5.69 Å². The number of hydrogen-bond donors (Lipinski definition) is 2. The first-order chi connectivity index (χ1) is 13.9. The molecule has 0 bridgehead atoms. The van der Waals surface area contributed by atoms with E-state index in [1.165, 1.54) is 10.7 Å². The molecular weight excluding hydrogens is 392 g/mol. The van der Waals surface area contributed by atoms with Gasteiger partial charge in [0.1, 0.15) is 5.75 Å². The second kappa shape index (κ2) is 9.34. The Morgan fingerprint density at radius 3 is 2.86 bits per heavy atom. The van der Waals surface area contributed by atoms with Crippen LogP contribution in [-0.4, -0.2) is 25.8 Å². The van der Waals surface area contributed by atoms with Gasteiger partial charge in [0.2, 0.25) is 5.91 Å². The minimum absolute atomic E-state index is 0.0478. The summed E-state index contributed by atoms with van der Waals surface area (Å²) in [5.41, 5.74) is 2.13. The summed E-state index contributed by atoms with van der Waals surface area (Å²) in [6, 6.07) is 10.2. The van der Waals surface area contributed by atoms with E-state index in [0.29, 0.717) is 34.7 Å². The highest BCUT2D eigenvalue weighted by molar-refractivity contribution is 6.30. The van der Waals surface area contributed by atoms with Gasteiger partial charge < -0.3 is 10.4 Å². The molecule has 0 saturated heterocycles. The molecule has 0 spiro atoms. The van der Waals surface area contributed by atoms with Crippen LogP contribution in [0.25, 0.3) is 0 Å². The highest BCUT2D eigenvalue weighted by Crippen LogP contribution is 2.21. The minimum atomic E-state index is -0.327. The van der Waals surface area contributed by atoms with E-state index in [1.807, 2.05) is 18.2 Å². The van der Waals surface area contributed by atoms with Crippen molar-refractivity contribution in [3.63, 3.8) is 0 Å². The molecule has 2 aromatic heterocycles. The van der Waals surface area contributed by atoms with Gasteiger partial charge in [-0.3, -0.25) is 14.6 Å². The lowest BCUT2D eigenvalue weighted by Gasteiger charge is -2.11. The third kappa shape index (κ3) is 5.42. The monoisotopic (exact) mass is 412 g/mol. The molecule has 0 aliphatic rings. The molecule has 0 aliphatic heterocycles. The highest BCUT2D eigenvalue weighted by atomic mass is 35.5. The zero-order valence-corrected chi connectivity index (χ0v) is 16.7. The molecule has 8 heteroatoms. The molecule has 150 valence electrons. The number of aromatic nitrogens is 3. The summed E-state index contributed by atoms with van der Waals surface area (Å²) in [5, 5.41) is 17.2. The molecule has 1 amide bonds. The van der Waals surface area contributed by atoms with Gasteiger partial charge in [-0.2, -0.15) is 5.10 Å². The molecule has 0 radical (unpaired) electrons. The zero-order chi connectivity index (χ0) is 20.8. The van der Waals surface area contributed by atoms with Gasteiger partial charge in [0.25, 0.3) is 5.56 Å². The van der Waals surface area contributed by atoms with Crippen molar-refractivity contribution in [3.8, 4) is 5.75 Å². The Labute approximate surface area is 173 Å². The number of nitrogens with zero attached hydrogens (tertiary/aromatic N) is 3. The molecule has 0 unspecified atom stereocenters. The smallest absolute Gasteiger partial charge is 0.270 e.